The van der Waals surface area contributed by atoms with Gasteiger partial charge in [0.2, 0.25) is 10.0 Å². The molecule has 0 fully saturated rings. The molecule has 0 radical (unpaired) electrons. The first-order valence-corrected chi connectivity index (χ1v) is 7.92. The number of rotatable bonds is 2. The molecule has 0 aromatic rings. The van der Waals surface area contributed by atoms with Crippen LogP contribution in [0.3, 0.4) is 0 Å². The lowest BCUT2D eigenvalue weighted by atomic mass is 11.4. The monoisotopic (exact) mass is 246 g/mol. The van der Waals surface area contributed by atoms with E-state index < -0.39 is 20.0 Å². The number of nitrogens with zero attached hydrogens (tertiary/aromatic N) is 1. The highest BCUT2D eigenvalue weighted by molar-refractivity contribution is 8.14. The van der Waals surface area contributed by atoms with Crippen LogP contribution in [0.5, 0.6) is 0 Å². The van der Waals surface area contributed by atoms with Crippen molar-refractivity contribution in [2.45, 2.75) is 0 Å². The van der Waals surface area contributed by atoms with Gasteiger partial charge >= 0.3 is 0 Å². The van der Waals surface area contributed by atoms with Crippen molar-refractivity contribution in [1.82, 2.24) is 4.72 Å². The maximum absolute atomic E-state index is 10.7. The summed E-state index contributed by atoms with van der Waals surface area (Å²) >= 11 is 0.904. The lowest BCUT2D eigenvalue weighted by Crippen LogP contribution is -2.27. The number of nitrogens with one attached hydrogen (secondary N) is 1. The first-order valence-electron chi connectivity index (χ1n) is 2.96. The van der Waals surface area contributed by atoms with E-state index in [1.807, 2.05) is 4.72 Å². The Labute approximate surface area is 81.9 Å². The standard InChI is InChI=1S/C4H10N2O4S3/c1-11-4(5-12(2,7)8)6-13(3,9)10/h1-3H3,(H,5,6). The molecule has 0 aliphatic rings. The molecule has 13 heavy (non-hydrogen) atoms. The van der Waals surface area contributed by atoms with E-state index in [4.69, 9.17) is 0 Å². The second-order valence-electron chi connectivity index (χ2n) is 2.21. The van der Waals surface area contributed by atoms with E-state index in [0.717, 1.165) is 24.3 Å². The summed E-state index contributed by atoms with van der Waals surface area (Å²) in [6.07, 6.45) is 3.32. The molecule has 0 rings (SSSR count). The van der Waals surface area contributed by atoms with Crippen LogP contribution in [0.4, 0.5) is 0 Å². The molecule has 0 unspecified atom stereocenters. The molecule has 0 bridgehead atoms. The van der Waals surface area contributed by atoms with Crippen molar-refractivity contribution in [3.63, 3.8) is 0 Å². The predicted octanol–water partition coefficient (Wildman–Crippen LogP) is -0.786. The molecule has 1 N–H and O–H groups in total. The quantitative estimate of drug-likeness (QED) is 0.509. The number of hydrogen-bond donors (Lipinski definition) is 1. The Kier molecular flexibility index (Phi) is 4.20. The zero-order chi connectivity index (χ0) is 10.7. The first-order chi connectivity index (χ1) is 5.64. The second kappa shape index (κ2) is 4.29. The molecule has 0 spiro atoms. The van der Waals surface area contributed by atoms with Crippen molar-refractivity contribution in [3.05, 3.63) is 0 Å². The molecule has 0 atom stereocenters. The van der Waals surface area contributed by atoms with Gasteiger partial charge in [-0.3, -0.25) is 4.72 Å². The van der Waals surface area contributed by atoms with Crippen LogP contribution in [-0.2, 0) is 20.0 Å². The summed E-state index contributed by atoms with van der Waals surface area (Å²) < 4.78 is 47.8. The van der Waals surface area contributed by atoms with Crippen LogP contribution in [0.2, 0.25) is 0 Å². The van der Waals surface area contributed by atoms with Crippen LogP contribution < -0.4 is 4.72 Å². The minimum absolute atomic E-state index is 0.162. The van der Waals surface area contributed by atoms with E-state index in [2.05, 4.69) is 4.40 Å². The van der Waals surface area contributed by atoms with E-state index in [9.17, 15) is 16.8 Å². The second-order valence-corrected chi connectivity index (χ2v) is 6.40. The smallest absolute Gasteiger partial charge is 0.252 e. The maximum Gasteiger partial charge on any atom is 0.252 e. The van der Waals surface area contributed by atoms with Crippen molar-refractivity contribution in [1.29, 1.82) is 0 Å². The van der Waals surface area contributed by atoms with Gasteiger partial charge in [-0.25, -0.2) is 16.8 Å². The Bertz CT molecular complexity index is 393. The van der Waals surface area contributed by atoms with Crippen LogP contribution >= 0.6 is 11.8 Å². The summed E-state index contributed by atoms with van der Waals surface area (Å²) in [5.41, 5.74) is 0. The Morgan fingerprint density at radius 2 is 1.69 bits per heavy atom. The molecule has 0 saturated heterocycles. The molecular weight excluding hydrogens is 236 g/mol. The molecule has 78 valence electrons. The summed E-state index contributed by atoms with van der Waals surface area (Å²) in [5, 5.41) is -0.162. The van der Waals surface area contributed by atoms with E-state index in [-0.39, 0.29) is 5.17 Å². The third kappa shape index (κ3) is 8.06. The molecule has 0 heterocycles. The fraction of sp³-hybridized carbons (Fsp3) is 0.750. The molecule has 0 aliphatic carbocycles. The van der Waals surface area contributed by atoms with Crippen molar-refractivity contribution < 1.29 is 16.8 Å². The summed E-state index contributed by atoms with van der Waals surface area (Å²) in [5.74, 6) is 0. The van der Waals surface area contributed by atoms with Crippen LogP contribution in [-0.4, -0.2) is 40.8 Å². The van der Waals surface area contributed by atoms with Gasteiger partial charge in [0, 0.05) is 0 Å². The topological polar surface area (TPSA) is 92.7 Å². The summed E-state index contributed by atoms with van der Waals surface area (Å²) in [4.78, 5) is 0. The third-order valence-electron chi connectivity index (χ3n) is 0.715. The van der Waals surface area contributed by atoms with Crippen LogP contribution in [0.15, 0.2) is 4.40 Å². The van der Waals surface area contributed by atoms with Crippen LogP contribution in [0.1, 0.15) is 0 Å². The molecule has 0 aromatic heterocycles. The fourth-order valence-corrected chi connectivity index (χ4v) is 2.67. The van der Waals surface area contributed by atoms with Gasteiger partial charge in [-0.2, -0.15) is 0 Å². The average molecular weight is 246 g/mol. The molecule has 0 aliphatic heterocycles. The van der Waals surface area contributed by atoms with E-state index >= 15 is 0 Å². The minimum Gasteiger partial charge on any atom is -0.261 e. The summed E-state index contributed by atoms with van der Waals surface area (Å²) in [6.45, 7) is 0. The van der Waals surface area contributed by atoms with Gasteiger partial charge in [0.05, 0.1) is 12.5 Å². The first kappa shape index (κ1) is 12.7. The molecule has 0 saturated carbocycles. The summed E-state index contributed by atoms with van der Waals surface area (Å²) in [7, 11) is -7.04. The predicted molar refractivity (Wildman–Crippen MR) is 53.8 cm³/mol. The van der Waals surface area contributed by atoms with Gasteiger partial charge in [0.25, 0.3) is 10.0 Å². The fourth-order valence-electron chi connectivity index (χ4n) is 0.407. The SMILES string of the molecule is CSC(=NS(C)(=O)=O)NS(C)(=O)=O. The largest absolute Gasteiger partial charge is 0.261 e. The van der Waals surface area contributed by atoms with Gasteiger partial charge < -0.3 is 0 Å². The Balaban J connectivity index is 4.85. The lowest BCUT2D eigenvalue weighted by molar-refractivity contribution is 0.599. The lowest BCUT2D eigenvalue weighted by Gasteiger charge is -2.02. The molecular formula is C4H10N2O4S3. The van der Waals surface area contributed by atoms with Crippen LogP contribution in [0.25, 0.3) is 0 Å². The highest BCUT2D eigenvalue weighted by Crippen LogP contribution is 1.99. The number of amidine groups is 1. The number of thioether (sulfide) groups is 1. The third-order valence-corrected chi connectivity index (χ3v) is 2.62. The Morgan fingerprint density at radius 3 is 1.92 bits per heavy atom. The van der Waals surface area contributed by atoms with E-state index in [1.54, 1.807) is 0 Å². The van der Waals surface area contributed by atoms with E-state index in [0.29, 0.717) is 0 Å². The highest BCUT2D eigenvalue weighted by atomic mass is 32.2. The zero-order valence-electron chi connectivity index (χ0n) is 7.30. The Morgan fingerprint density at radius 1 is 1.23 bits per heavy atom. The Hall–Kier alpha value is -0.280. The number of sulfonamides is 2. The summed E-state index contributed by atoms with van der Waals surface area (Å²) in [6, 6.07) is 0. The van der Waals surface area contributed by atoms with Crippen LogP contribution in [0, 0.1) is 0 Å². The van der Waals surface area contributed by atoms with Gasteiger partial charge in [-0.15, -0.1) is 4.40 Å². The van der Waals surface area contributed by atoms with E-state index in [1.165, 1.54) is 6.26 Å². The van der Waals surface area contributed by atoms with Crippen molar-refractivity contribution >= 4 is 37.0 Å². The average Bonchev–Trinajstić information content (AvgIpc) is 1.79. The van der Waals surface area contributed by atoms with Crippen molar-refractivity contribution in [2.24, 2.45) is 4.40 Å². The highest BCUT2D eigenvalue weighted by Gasteiger charge is 2.08. The molecule has 0 amide bonds. The van der Waals surface area contributed by atoms with Gasteiger partial charge in [0.15, 0.2) is 5.17 Å². The molecule has 6 nitrogen and oxygen atoms in total. The van der Waals surface area contributed by atoms with Gasteiger partial charge in [-0.1, -0.05) is 11.8 Å². The van der Waals surface area contributed by atoms with Crippen molar-refractivity contribution in [3.8, 4) is 0 Å². The van der Waals surface area contributed by atoms with Gasteiger partial charge in [0.1, 0.15) is 0 Å². The van der Waals surface area contributed by atoms with Gasteiger partial charge in [-0.05, 0) is 6.26 Å². The normalized spacial score (nSPS) is 14.2. The van der Waals surface area contributed by atoms with Crippen molar-refractivity contribution in [2.75, 3.05) is 18.8 Å². The minimum atomic E-state index is -3.57. The zero-order valence-corrected chi connectivity index (χ0v) is 9.75. The maximum atomic E-state index is 10.7. The molecule has 9 heteroatoms. The molecule has 0 aromatic carbocycles. The number of hydrogen-bond acceptors (Lipinski definition) is 5.